The van der Waals surface area contributed by atoms with Gasteiger partial charge in [-0.2, -0.15) is 0 Å². The number of carbonyl (C=O) groups is 2. The molecule has 0 spiro atoms. The number of nitrogens with one attached hydrogen (secondary N) is 5. The van der Waals surface area contributed by atoms with Crippen LogP contribution >= 0.6 is 0 Å². The zero-order valence-electron chi connectivity index (χ0n) is 35.3. The van der Waals surface area contributed by atoms with Crippen LogP contribution in [-0.2, 0) is 33.6 Å². The van der Waals surface area contributed by atoms with Gasteiger partial charge in [0.05, 0.1) is 19.2 Å². The summed E-state index contributed by atoms with van der Waals surface area (Å²) in [4.78, 5) is 32.9. The summed E-state index contributed by atoms with van der Waals surface area (Å²) in [5.41, 5.74) is 3.41. The number of nitrogens with zero attached hydrogens (tertiary/aromatic N) is 3. The van der Waals surface area contributed by atoms with E-state index in [1.54, 1.807) is 7.11 Å². The minimum absolute atomic E-state index is 0.0305. The van der Waals surface area contributed by atoms with Gasteiger partial charge in [0.15, 0.2) is 6.79 Å². The predicted molar refractivity (Wildman–Crippen MR) is 231 cm³/mol. The van der Waals surface area contributed by atoms with Crippen LogP contribution < -0.4 is 36.1 Å². The molecule has 0 aliphatic carbocycles. The van der Waals surface area contributed by atoms with Crippen molar-refractivity contribution in [2.45, 2.75) is 55.9 Å². The summed E-state index contributed by atoms with van der Waals surface area (Å²) in [6.45, 7) is 11.9. The molecule has 4 aliphatic heterocycles. The van der Waals surface area contributed by atoms with Gasteiger partial charge in [0.25, 0.3) is 0 Å². The lowest BCUT2D eigenvalue weighted by molar-refractivity contribution is -0.0759. The molecule has 16 heteroatoms. The van der Waals surface area contributed by atoms with Crippen molar-refractivity contribution in [3.05, 3.63) is 95.6 Å². The molecule has 0 aromatic heterocycles. The number of aliphatic hydroxyl groups is 1. The molecular weight excluding hydrogens is 781 g/mol. The standard InChI is InChI=1S/C45H64N8O8/c1-57-36-11-7-33(8-12-36)28-39-43(61-45(56)48-17-21-51-19-15-46-16-20-51)41(30-50-39)59-32-58-37-13-9-34(10-14-37)27-38-42(40(54)29-49-38)60-44(55)47-18-22-52-23-25-53(26-24-52)31-35-5-3-2-4-6-35/h2-14,38-43,46,49-50,54H,15-32H2,1H3,(H,47,55)(H,48,56)/t38-,39-,40+,41+,42+,43+/m1/s1. The average molecular weight is 845 g/mol. The Kier molecular flexibility index (Phi) is 16.8. The third-order valence-corrected chi connectivity index (χ3v) is 12.0. The van der Waals surface area contributed by atoms with Crippen molar-refractivity contribution in [1.29, 1.82) is 0 Å². The Hall–Kier alpha value is -4.52. The smallest absolute Gasteiger partial charge is 0.407 e. The molecule has 4 aliphatic rings. The fourth-order valence-corrected chi connectivity index (χ4v) is 8.47. The fraction of sp³-hybridized carbons (Fsp3) is 0.556. The second-order valence-electron chi connectivity index (χ2n) is 16.3. The monoisotopic (exact) mass is 844 g/mol. The molecule has 6 atom stereocenters. The lowest BCUT2D eigenvalue weighted by atomic mass is 10.0. The Morgan fingerprint density at radius 2 is 1.23 bits per heavy atom. The minimum atomic E-state index is -0.801. The predicted octanol–water partition coefficient (Wildman–Crippen LogP) is 1.42. The van der Waals surface area contributed by atoms with Gasteiger partial charge >= 0.3 is 12.2 Å². The van der Waals surface area contributed by atoms with Crippen LogP contribution in [0.1, 0.15) is 16.7 Å². The van der Waals surface area contributed by atoms with Crippen LogP contribution in [0.3, 0.4) is 0 Å². The van der Waals surface area contributed by atoms with Gasteiger partial charge in [-0.25, -0.2) is 9.59 Å². The number of carbonyl (C=O) groups excluding carboxylic acids is 2. The third kappa shape index (κ3) is 13.7. The first-order chi connectivity index (χ1) is 29.9. The van der Waals surface area contributed by atoms with Gasteiger partial charge in [-0.15, -0.1) is 0 Å². The van der Waals surface area contributed by atoms with Crippen molar-refractivity contribution >= 4 is 12.2 Å². The first-order valence-corrected chi connectivity index (χ1v) is 21.8. The molecule has 0 unspecified atom stereocenters. The molecule has 3 aromatic rings. The van der Waals surface area contributed by atoms with Crippen molar-refractivity contribution in [3.8, 4) is 11.5 Å². The first kappa shape index (κ1) is 44.5. The maximum atomic E-state index is 13.0. The van der Waals surface area contributed by atoms with Gasteiger partial charge in [0.1, 0.15) is 35.9 Å². The van der Waals surface area contributed by atoms with Crippen LogP contribution in [0.2, 0.25) is 0 Å². The van der Waals surface area contributed by atoms with Crippen LogP contribution in [0.4, 0.5) is 9.59 Å². The van der Waals surface area contributed by atoms with Crippen molar-refractivity contribution in [2.24, 2.45) is 0 Å². The zero-order chi connectivity index (χ0) is 42.2. The zero-order valence-corrected chi connectivity index (χ0v) is 35.3. The van der Waals surface area contributed by atoms with E-state index < -0.39 is 36.6 Å². The normalized spacial score (nSPS) is 24.9. The molecule has 0 bridgehead atoms. The highest BCUT2D eigenvalue weighted by atomic mass is 16.7. The Labute approximate surface area is 359 Å². The summed E-state index contributed by atoms with van der Waals surface area (Å²) in [5, 5.41) is 26.6. The van der Waals surface area contributed by atoms with E-state index in [-0.39, 0.29) is 18.9 Å². The number of aliphatic hydroxyl groups excluding tert-OH is 1. The van der Waals surface area contributed by atoms with Crippen LogP contribution in [0.15, 0.2) is 78.9 Å². The Bertz CT molecular complexity index is 1760. The van der Waals surface area contributed by atoms with E-state index in [0.717, 1.165) is 88.9 Å². The number of benzene rings is 3. The lowest BCUT2D eigenvalue weighted by Crippen LogP contribution is -2.48. The van der Waals surface area contributed by atoms with Crippen LogP contribution in [-0.4, -0.2) is 174 Å². The SMILES string of the molecule is COc1ccc(C[C@H]2NC[C@H](OCOc3ccc(C[C@H]4NC[C@H](O)[C@H]4OC(=O)NCCN4CCN(Cc5ccccc5)CC4)cc3)[C@H]2OC(=O)NCCN2CCNCC2)cc1. The molecule has 16 nitrogen and oxygen atoms in total. The van der Waals surface area contributed by atoms with Gasteiger partial charge in [0.2, 0.25) is 0 Å². The molecule has 4 heterocycles. The molecule has 3 aromatic carbocycles. The van der Waals surface area contributed by atoms with E-state index in [0.29, 0.717) is 44.8 Å². The van der Waals surface area contributed by atoms with Crippen LogP contribution in [0.5, 0.6) is 11.5 Å². The number of ether oxygens (including phenoxy) is 5. The number of β-amino-alcohol motifs (C(OH)–C–C–N with tert-alkyl or cyclic N) is 1. The number of alkyl carbamates (subject to hydrolysis) is 2. The van der Waals surface area contributed by atoms with Gasteiger partial charge in [0, 0.05) is 98.2 Å². The maximum absolute atomic E-state index is 13.0. The van der Waals surface area contributed by atoms with Crippen molar-refractivity contribution in [2.75, 3.05) is 106 Å². The van der Waals surface area contributed by atoms with E-state index in [1.807, 2.05) is 54.6 Å². The van der Waals surface area contributed by atoms with Gasteiger partial charge in [-0.05, 0) is 53.8 Å². The first-order valence-electron chi connectivity index (χ1n) is 21.8. The molecule has 7 rings (SSSR count). The molecule has 4 fully saturated rings. The summed E-state index contributed by atoms with van der Waals surface area (Å²) < 4.78 is 29.3. The highest BCUT2D eigenvalue weighted by molar-refractivity contribution is 5.68. The minimum Gasteiger partial charge on any atom is -0.497 e. The Balaban J connectivity index is 0.828. The highest BCUT2D eigenvalue weighted by Gasteiger charge is 2.40. The van der Waals surface area contributed by atoms with Crippen molar-refractivity contribution < 1.29 is 38.4 Å². The fourth-order valence-electron chi connectivity index (χ4n) is 8.47. The molecule has 0 saturated carbocycles. The van der Waals surface area contributed by atoms with Crippen LogP contribution in [0, 0.1) is 0 Å². The van der Waals surface area contributed by atoms with Crippen LogP contribution in [0.25, 0.3) is 0 Å². The summed E-state index contributed by atoms with van der Waals surface area (Å²) >= 11 is 0. The van der Waals surface area contributed by atoms with E-state index in [1.165, 1.54) is 5.56 Å². The average Bonchev–Trinajstić information content (AvgIpc) is 3.82. The van der Waals surface area contributed by atoms with E-state index in [2.05, 4.69) is 65.5 Å². The number of amides is 2. The molecular formula is C45H64N8O8. The molecule has 0 radical (unpaired) electrons. The number of hydrogen-bond acceptors (Lipinski definition) is 14. The molecule has 2 amide bonds. The lowest BCUT2D eigenvalue weighted by Gasteiger charge is -2.34. The quantitative estimate of drug-likeness (QED) is 0.0959. The van der Waals surface area contributed by atoms with E-state index in [4.69, 9.17) is 23.7 Å². The van der Waals surface area contributed by atoms with Gasteiger partial charge in [-0.3, -0.25) is 14.7 Å². The molecule has 61 heavy (non-hydrogen) atoms. The number of methoxy groups -OCH3 is 1. The maximum Gasteiger partial charge on any atom is 0.407 e. The van der Waals surface area contributed by atoms with Gasteiger partial charge in [-0.1, -0.05) is 54.6 Å². The Morgan fingerprint density at radius 1 is 0.672 bits per heavy atom. The third-order valence-electron chi connectivity index (χ3n) is 12.0. The summed E-state index contributed by atoms with van der Waals surface area (Å²) in [5.74, 6) is 1.40. The number of hydrogen-bond donors (Lipinski definition) is 6. The molecule has 4 saturated heterocycles. The molecule has 6 N–H and O–H groups in total. The van der Waals surface area contributed by atoms with E-state index >= 15 is 0 Å². The second-order valence-corrected chi connectivity index (χ2v) is 16.3. The largest absolute Gasteiger partial charge is 0.497 e. The topological polar surface area (TPSA) is 170 Å². The van der Waals surface area contributed by atoms with Gasteiger partial charge < -0.3 is 55.4 Å². The summed E-state index contributed by atoms with van der Waals surface area (Å²) in [7, 11) is 1.64. The summed E-state index contributed by atoms with van der Waals surface area (Å²) in [6, 6.07) is 25.6. The van der Waals surface area contributed by atoms with Crippen molar-refractivity contribution in [1.82, 2.24) is 41.3 Å². The number of rotatable bonds is 19. The number of piperazine rings is 2. The molecule has 332 valence electrons. The van der Waals surface area contributed by atoms with E-state index in [9.17, 15) is 14.7 Å². The van der Waals surface area contributed by atoms with Crippen molar-refractivity contribution in [3.63, 3.8) is 0 Å². The highest BCUT2D eigenvalue weighted by Crippen LogP contribution is 2.23. The second kappa shape index (κ2) is 23.1. The Morgan fingerprint density at radius 3 is 1.87 bits per heavy atom. The summed E-state index contributed by atoms with van der Waals surface area (Å²) in [6.07, 6.45) is -2.23.